The number of hydrogen-bond acceptors (Lipinski definition) is 5. The predicted molar refractivity (Wildman–Crippen MR) is 132 cm³/mol. The number of hydrogen-bond donors (Lipinski definition) is 1. The van der Waals surface area contributed by atoms with Crippen LogP contribution in [-0.4, -0.2) is 45.1 Å². The van der Waals surface area contributed by atoms with E-state index < -0.39 is 10.8 Å². The summed E-state index contributed by atoms with van der Waals surface area (Å²) in [5.41, 5.74) is 0.696. The van der Waals surface area contributed by atoms with E-state index in [0.29, 0.717) is 30.2 Å². The maximum Gasteiger partial charge on any atom is 0.320 e. The molecule has 0 radical (unpaired) electrons. The summed E-state index contributed by atoms with van der Waals surface area (Å²) in [4.78, 5) is 26.7. The minimum atomic E-state index is -0.465. The lowest BCUT2D eigenvalue weighted by Gasteiger charge is -2.56. The molecule has 1 aliphatic heterocycles. The van der Waals surface area contributed by atoms with Crippen molar-refractivity contribution in [2.24, 2.45) is 23.7 Å². The molecule has 7 rings (SSSR count). The fourth-order valence-electron chi connectivity index (χ4n) is 7.77. The Morgan fingerprint density at radius 3 is 2.28 bits per heavy atom. The van der Waals surface area contributed by atoms with Crippen LogP contribution in [0.4, 0.5) is 10.1 Å². The van der Waals surface area contributed by atoms with Gasteiger partial charge in [0.05, 0.1) is 10.5 Å². The zero-order valence-electron chi connectivity index (χ0n) is 20.6. The Balaban J connectivity index is 1.07. The highest BCUT2D eigenvalue weighted by Crippen LogP contribution is 2.58. The normalized spacial score (nSPS) is 30.0. The molecule has 192 valence electrons. The molecular weight excluding hydrogens is 461 g/mol. The van der Waals surface area contributed by atoms with E-state index in [1.54, 1.807) is 4.68 Å². The van der Waals surface area contributed by atoms with Gasteiger partial charge in [0.15, 0.2) is 0 Å². The third-order valence-corrected chi connectivity index (χ3v) is 9.18. The van der Waals surface area contributed by atoms with Crippen LogP contribution in [0.25, 0.3) is 0 Å². The second-order valence-electron chi connectivity index (χ2n) is 11.8. The Bertz CT molecular complexity index is 1100. The fraction of sp³-hybridized carbons (Fsp3) is 0.630. The van der Waals surface area contributed by atoms with E-state index in [9.17, 15) is 19.3 Å². The molecule has 1 aromatic heterocycles. The zero-order valence-corrected chi connectivity index (χ0v) is 20.6. The average molecular weight is 496 g/mol. The second kappa shape index (κ2) is 9.25. The van der Waals surface area contributed by atoms with Crippen LogP contribution in [0.3, 0.4) is 0 Å². The van der Waals surface area contributed by atoms with Crippen molar-refractivity contribution in [3.8, 4) is 0 Å². The van der Waals surface area contributed by atoms with Crippen LogP contribution in [0.5, 0.6) is 0 Å². The van der Waals surface area contributed by atoms with Gasteiger partial charge in [0.1, 0.15) is 12.0 Å². The van der Waals surface area contributed by atoms with E-state index in [-0.39, 0.29) is 22.7 Å². The summed E-state index contributed by atoms with van der Waals surface area (Å²) in [6, 6.07) is 6.61. The van der Waals surface area contributed by atoms with E-state index in [0.717, 1.165) is 57.3 Å². The molecule has 36 heavy (non-hydrogen) atoms. The first-order valence-electron chi connectivity index (χ1n) is 13.4. The van der Waals surface area contributed by atoms with Gasteiger partial charge in [-0.2, -0.15) is 5.10 Å². The molecule has 8 nitrogen and oxygen atoms in total. The van der Waals surface area contributed by atoms with Crippen molar-refractivity contribution in [2.45, 2.75) is 63.5 Å². The van der Waals surface area contributed by atoms with Gasteiger partial charge >= 0.3 is 5.69 Å². The Morgan fingerprint density at radius 1 is 1.08 bits per heavy atom. The first kappa shape index (κ1) is 23.6. The molecule has 4 aliphatic carbocycles. The molecule has 4 bridgehead atoms. The van der Waals surface area contributed by atoms with E-state index >= 15 is 0 Å². The Kier molecular flexibility index (Phi) is 6.06. The van der Waals surface area contributed by atoms with Gasteiger partial charge in [0, 0.05) is 13.1 Å². The number of halogens is 1. The smallest absolute Gasteiger partial charge is 0.320 e. The molecule has 2 heterocycles. The van der Waals surface area contributed by atoms with Crippen molar-refractivity contribution in [1.82, 2.24) is 20.0 Å². The highest BCUT2D eigenvalue weighted by molar-refractivity contribution is 5.96. The number of nitrogens with one attached hydrogen (secondary N) is 1. The average Bonchev–Trinajstić information content (AvgIpc) is 3.31. The van der Waals surface area contributed by atoms with Gasteiger partial charge in [0.25, 0.3) is 5.91 Å². The molecule has 1 N–H and O–H groups in total. The molecule has 0 atom stereocenters. The summed E-state index contributed by atoms with van der Waals surface area (Å²) < 4.78 is 14.9. The van der Waals surface area contributed by atoms with Crippen molar-refractivity contribution in [3.05, 3.63) is 57.7 Å². The maximum atomic E-state index is 13.1. The van der Waals surface area contributed by atoms with E-state index in [1.165, 1.54) is 37.6 Å². The van der Waals surface area contributed by atoms with Crippen molar-refractivity contribution in [2.75, 3.05) is 19.6 Å². The molecule has 5 aliphatic rings. The maximum absolute atomic E-state index is 13.1. The standard InChI is InChI=1S/C27H34FN5O3/c28-23-3-1-19(2-4-23)16-31-7-5-18(6-8-31)15-29-26(34)25-24(33(35)36)17-32(30-25)27-12-20-9-21(13-27)11-22(10-20)14-27/h1-4,17-18,20-22H,5-16H2,(H,29,34). The fourth-order valence-corrected chi connectivity index (χ4v) is 7.77. The Labute approximate surface area is 210 Å². The van der Waals surface area contributed by atoms with Crippen LogP contribution < -0.4 is 5.32 Å². The lowest BCUT2D eigenvalue weighted by molar-refractivity contribution is -0.385. The highest BCUT2D eigenvalue weighted by Gasteiger charge is 2.53. The van der Waals surface area contributed by atoms with Gasteiger partial charge in [-0.3, -0.25) is 24.5 Å². The van der Waals surface area contributed by atoms with Crippen LogP contribution in [-0.2, 0) is 12.1 Å². The largest absolute Gasteiger partial charge is 0.350 e. The Hall–Kier alpha value is -2.81. The summed E-state index contributed by atoms with van der Waals surface area (Å²) in [7, 11) is 0. The molecule has 1 saturated heterocycles. The van der Waals surface area contributed by atoms with Gasteiger partial charge in [-0.05, 0) is 106 Å². The molecule has 1 aromatic carbocycles. The van der Waals surface area contributed by atoms with Gasteiger partial charge in [-0.25, -0.2) is 4.39 Å². The van der Waals surface area contributed by atoms with E-state index in [4.69, 9.17) is 0 Å². The van der Waals surface area contributed by atoms with Gasteiger partial charge in [-0.1, -0.05) is 12.1 Å². The summed E-state index contributed by atoms with van der Waals surface area (Å²) in [6.45, 7) is 3.08. The number of nitro groups is 1. The van der Waals surface area contributed by atoms with Crippen LogP contribution in [0.1, 0.15) is 67.4 Å². The first-order valence-corrected chi connectivity index (χ1v) is 13.4. The lowest BCUT2D eigenvalue weighted by atomic mass is 9.53. The molecule has 0 unspecified atom stereocenters. The first-order chi connectivity index (χ1) is 17.4. The third-order valence-electron chi connectivity index (χ3n) is 9.18. The molecule has 9 heteroatoms. The summed E-state index contributed by atoms with van der Waals surface area (Å²) in [5.74, 6) is 1.71. The molecule has 2 aromatic rings. The number of benzene rings is 1. The summed E-state index contributed by atoms with van der Waals surface area (Å²) in [6.07, 6.45) is 10.3. The van der Waals surface area contributed by atoms with Gasteiger partial charge in [-0.15, -0.1) is 0 Å². The summed E-state index contributed by atoms with van der Waals surface area (Å²) in [5, 5.41) is 19.3. The lowest BCUT2D eigenvalue weighted by Crippen LogP contribution is -2.52. The summed E-state index contributed by atoms with van der Waals surface area (Å²) >= 11 is 0. The van der Waals surface area contributed by atoms with Crippen LogP contribution in [0, 0.1) is 39.6 Å². The third kappa shape index (κ3) is 4.53. The topological polar surface area (TPSA) is 93.3 Å². The monoisotopic (exact) mass is 495 g/mol. The molecular formula is C27H34FN5O3. The van der Waals surface area contributed by atoms with Gasteiger partial charge in [0.2, 0.25) is 5.69 Å². The number of nitrogens with zero attached hydrogens (tertiary/aromatic N) is 4. The van der Waals surface area contributed by atoms with Crippen LogP contribution in [0.15, 0.2) is 30.5 Å². The number of rotatable bonds is 7. The van der Waals surface area contributed by atoms with Crippen molar-refractivity contribution in [1.29, 1.82) is 0 Å². The van der Waals surface area contributed by atoms with E-state index in [2.05, 4.69) is 15.3 Å². The number of amides is 1. The quantitative estimate of drug-likeness (QED) is 0.451. The highest BCUT2D eigenvalue weighted by atomic mass is 19.1. The number of piperidine rings is 1. The number of carbonyl (C=O) groups is 1. The Morgan fingerprint density at radius 2 is 1.69 bits per heavy atom. The van der Waals surface area contributed by atoms with Crippen molar-refractivity contribution < 1.29 is 14.1 Å². The molecule has 0 spiro atoms. The number of aromatic nitrogens is 2. The van der Waals surface area contributed by atoms with Crippen LogP contribution >= 0.6 is 0 Å². The van der Waals surface area contributed by atoms with Crippen molar-refractivity contribution >= 4 is 11.6 Å². The van der Waals surface area contributed by atoms with Gasteiger partial charge < -0.3 is 5.32 Å². The zero-order chi connectivity index (χ0) is 24.9. The minimum Gasteiger partial charge on any atom is -0.350 e. The molecule has 1 amide bonds. The van der Waals surface area contributed by atoms with Crippen molar-refractivity contribution in [3.63, 3.8) is 0 Å². The van der Waals surface area contributed by atoms with E-state index in [1.807, 2.05) is 12.1 Å². The predicted octanol–water partition coefficient (Wildman–Crippen LogP) is 4.50. The van der Waals surface area contributed by atoms with Crippen LogP contribution in [0.2, 0.25) is 0 Å². The minimum absolute atomic E-state index is 0.0514. The number of carbonyl (C=O) groups excluding carboxylic acids is 1. The SMILES string of the molecule is O=C(NCC1CCN(Cc2ccc(F)cc2)CC1)c1nn(C23CC4CC(CC(C4)C2)C3)cc1[N+](=O)[O-]. The number of likely N-dealkylation sites (tertiary alicyclic amines) is 1. The second-order valence-corrected chi connectivity index (χ2v) is 11.8. The molecule has 5 fully saturated rings. The molecule has 4 saturated carbocycles.